The van der Waals surface area contributed by atoms with E-state index in [9.17, 15) is 23.1 Å². The molecule has 0 aliphatic heterocycles. The number of tetrazole rings is 1. The summed E-state index contributed by atoms with van der Waals surface area (Å²) >= 11 is 0. The van der Waals surface area contributed by atoms with E-state index < -0.39 is 24.6 Å². The Morgan fingerprint density at radius 1 is 1.35 bits per heavy atom. The molecule has 1 aliphatic rings. The van der Waals surface area contributed by atoms with Crippen LogP contribution in [-0.4, -0.2) is 49.5 Å². The topological polar surface area (TPSA) is 104 Å². The normalized spacial score (nSPS) is 23.6. The predicted octanol–water partition coefficient (Wildman–Crippen LogP) is 1.76. The molecule has 1 aliphatic carbocycles. The summed E-state index contributed by atoms with van der Waals surface area (Å²) in [5.41, 5.74) is -1.21. The van der Waals surface area contributed by atoms with Gasteiger partial charge in [0.2, 0.25) is 11.7 Å². The number of carbonyl (C=O) groups excluding carboxylic acids is 1. The van der Waals surface area contributed by atoms with Crippen LogP contribution >= 0.6 is 0 Å². The zero-order valence-corrected chi connectivity index (χ0v) is 13.8. The number of aromatic nitrogens is 4. The lowest BCUT2D eigenvalue weighted by molar-refractivity contribution is -0.270. The molecule has 3 rings (SSSR count). The third-order valence-corrected chi connectivity index (χ3v) is 4.60. The molecule has 0 radical (unpaired) electrons. The first kappa shape index (κ1) is 18.3. The highest BCUT2D eigenvalue weighted by atomic mass is 19.4. The Kier molecular flexibility index (Phi) is 4.94. The molecule has 1 saturated carbocycles. The minimum atomic E-state index is -4.64. The van der Waals surface area contributed by atoms with Gasteiger partial charge in [-0.2, -0.15) is 18.4 Å². The second kappa shape index (κ2) is 7.02. The summed E-state index contributed by atoms with van der Waals surface area (Å²) < 4.78 is 38.4. The minimum Gasteiger partial charge on any atom is -0.380 e. The van der Waals surface area contributed by atoms with Crippen LogP contribution in [0.25, 0.3) is 11.4 Å². The van der Waals surface area contributed by atoms with Gasteiger partial charge in [-0.1, -0.05) is 18.2 Å². The highest BCUT2D eigenvalue weighted by molar-refractivity contribution is 5.79. The van der Waals surface area contributed by atoms with E-state index in [4.69, 9.17) is 0 Å². The number of aliphatic hydroxyl groups is 1. The van der Waals surface area contributed by atoms with E-state index in [1.807, 2.05) is 0 Å². The standard InChI is InChI=1S/C16H18F3N5O2/c17-16(18,19)15(26)6-4-12(5-7-15)20-13(25)9-10-2-1-3-11(8-10)14-21-23-24-22-14/h1-3,8,12,26H,4-7,9H2,(H,20,25)(H,21,22,23,24). The van der Waals surface area contributed by atoms with Crippen LogP contribution in [0.5, 0.6) is 0 Å². The Hall–Kier alpha value is -2.49. The van der Waals surface area contributed by atoms with Crippen LogP contribution in [0.2, 0.25) is 0 Å². The maximum atomic E-state index is 12.8. The number of H-pyrrole nitrogens is 1. The van der Waals surface area contributed by atoms with Crippen molar-refractivity contribution in [1.29, 1.82) is 0 Å². The van der Waals surface area contributed by atoms with Gasteiger partial charge < -0.3 is 10.4 Å². The molecular formula is C16H18F3N5O2. The van der Waals surface area contributed by atoms with Crippen LogP contribution in [0.4, 0.5) is 13.2 Å². The Balaban J connectivity index is 1.55. The molecule has 1 aromatic heterocycles. The molecule has 0 bridgehead atoms. The second-order valence-electron chi connectivity index (χ2n) is 6.48. The van der Waals surface area contributed by atoms with E-state index >= 15 is 0 Å². The molecule has 140 valence electrons. The van der Waals surface area contributed by atoms with Gasteiger partial charge in [0.15, 0.2) is 5.60 Å². The lowest BCUT2D eigenvalue weighted by atomic mass is 9.81. The largest absolute Gasteiger partial charge is 0.417 e. The van der Waals surface area contributed by atoms with Gasteiger partial charge in [-0.25, -0.2) is 0 Å². The van der Waals surface area contributed by atoms with Crippen LogP contribution in [0, 0.1) is 0 Å². The molecule has 3 N–H and O–H groups in total. The summed E-state index contributed by atoms with van der Waals surface area (Å²) in [6, 6.07) is 6.70. The van der Waals surface area contributed by atoms with Crippen molar-refractivity contribution in [2.45, 2.75) is 49.9 Å². The lowest BCUT2D eigenvalue weighted by Gasteiger charge is -2.37. The molecule has 0 atom stereocenters. The van der Waals surface area contributed by atoms with E-state index in [0.717, 1.165) is 5.56 Å². The van der Waals surface area contributed by atoms with Crippen molar-refractivity contribution in [2.75, 3.05) is 0 Å². The van der Waals surface area contributed by atoms with Crippen molar-refractivity contribution in [3.05, 3.63) is 29.8 Å². The number of benzene rings is 1. The number of rotatable bonds is 4. The molecule has 7 nitrogen and oxygen atoms in total. The number of aromatic amines is 1. The zero-order valence-electron chi connectivity index (χ0n) is 13.8. The Morgan fingerprint density at radius 2 is 2.08 bits per heavy atom. The average molecular weight is 369 g/mol. The van der Waals surface area contributed by atoms with Crippen molar-refractivity contribution in [3.8, 4) is 11.4 Å². The summed E-state index contributed by atoms with van der Waals surface area (Å²) in [6.45, 7) is 0. The molecular weight excluding hydrogens is 351 g/mol. The van der Waals surface area contributed by atoms with E-state index in [2.05, 4.69) is 25.9 Å². The van der Waals surface area contributed by atoms with E-state index in [1.54, 1.807) is 24.3 Å². The Labute approximate surface area is 147 Å². The molecule has 2 aromatic rings. The van der Waals surface area contributed by atoms with Gasteiger partial charge in [-0.15, -0.1) is 10.2 Å². The molecule has 10 heteroatoms. The number of alkyl halides is 3. The fraction of sp³-hybridized carbons (Fsp3) is 0.500. The fourth-order valence-corrected chi connectivity index (χ4v) is 3.09. The number of nitrogens with one attached hydrogen (secondary N) is 2. The molecule has 1 amide bonds. The Morgan fingerprint density at radius 3 is 2.69 bits per heavy atom. The van der Waals surface area contributed by atoms with Crippen molar-refractivity contribution in [3.63, 3.8) is 0 Å². The predicted molar refractivity (Wildman–Crippen MR) is 84.7 cm³/mol. The van der Waals surface area contributed by atoms with Crippen molar-refractivity contribution in [1.82, 2.24) is 25.9 Å². The minimum absolute atomic E-state index is 0.0879. The first-order valence-electron chi connectivity index (χ1n) is 8.18. The van der Waals surface area contributed by atoms with Gasteiger partial charge in [0.1, 0.15) is 0 Å². The highest BCUT2D eigenvalue weighted by Crippen LogP contribution is 2.41. The Bertz CT molecular complexity index is 755. The second-order valence-corrected chi connectivity index (χ2v) is 6.48. The number of hydrogen-bond donors (Lipinski definition) is 3. The summed E-state index contributed by atoms with van der Waals surface area (Å²) in [5.74, 6) is 0.128. The molecule has 26 heavy (non-hydrogen) atoms. The van der Waals surface area contributed by atoms with E-state index in [-0.39, 0.29) is 31.2 Å². The van der Waals surface area contributed by atoms with Crippen LogP contribution in [0.15, 0.2) is 24.3 Å². The monoisotopic (exact) mass is 369 g/mol. The van der Waals surface area contributed by atoms with Crippen molar-refractivity contribution >= 4 is 5.91 Å². The third kappa shape index (κ3) is 4.01. The molecule has 0 unspecified atom stereocenters. The maximum Gasteiger partial charge on any atom is 0.417 e. The van der Waals surface area contributed by atoms with Gasteiger partial charge in [0, 0.05) is 11.6 Å². The van der Waals surface area contributed by atoms with Crippen LogP contribution in [-0.2, 0) is 11.2 Å². The van der Waals surface area contributed by atoms with Crippen LogP contribution in [0.3, 0.4) is 0 Å². The smallest absolute Gasteiger partial charge is 0.380 e. The number of halogens is 3. The first-order chi connectivity index (χ1) is 12.3. The zero-order chi connectivity index (χ0) is 18.8. The van der Waals surface area contributed by atoms with E-state index in [0.29, 0.717) is 11.4 Å². The average Bonchev–Trinajstić information content (AvgIpc) is 3.11. The summed E-state index contributed by atoms with van der Waals surface area (Å²) in [6.07, 6.45) is -5.19. The van der Waals surface area contributed by atoms with Gasteiger partial charge in [0.05, 0.1) is 6.42 Å². The van der Waals surface area contributed by atoms with Crippen LogP contribution < -0.4 is 5.32 Å². The molecule has 1 heterocycles. The van der Waals surface area contributed by atoms with Gasteiger partial charge in [-0.05, 0) is 42.5 Å². The van der Waals surface area contributed by atoms with Gasteiger partial charge in [-0.3, -0.25) is 4.79 Å². The van der Waals surface area contributed by atoms with Crippen molar-refractivity contribution < 1.29 is 23.1 Å². The maximum absolute atomic E-state index is 12.8. The van der Waals surface area contributed by atoms with Crippen LogP contribution in [0.1, 0.15) is 31.2 Å². The van der Waals surface area contributed by atoms with Crippen molar-refractivity contribution in [2.24, 2.45) is 0 Å². The fourth-order valence-electron chi connectivity index (χ4n) is 3.09. The first-order valence-corrected chi connectivity index (χ1v) is 8.18. The van der Waals surface area contributed by atoms with Gasteiger partial charge >= 0.3 is 6.18 Å². The number of amides is 1. The van der Waals surface area contributed by atoms with Gasteiger partial charge in [0.25, 0.3) is 0 Å². The van der Waals surface area contributed by atoms with E-state index in [1.165, 1.54) is 0 Å². The highest BCUT2D eigenvalue weighted by Gasteiger charge is 2.54. The lowest BCUT2D eigenvalue weighted by Crippen LogP contribution is -2.51. The number of hydrogen-bond acceptors (Lipinski definition) is 5. The number of carbonyl (C=O) groups is 1. The SMILES string of the molecule is O=C(Cc1cccc(-c2nn[nH]n2)c1)NC1CCC(O)(C(F)(F)F)CC1. The molecule has 1 aromatic carbocycles. The molecule has 0 spiro atoms. The third-order valence-electron chi connectivity index (χ3n) is 4.60. The summed E-state index contributed by atoms with van der Waals surface area (Å²) in [5, 5.41) is 26.0. The quantitative estimate of drug-likeness (QED) is 0.762. The summed E-state index contributed by atoms with van der Waals surface area (Å²) in [4.78, 5) is 12.2. The number of nitrogens with zero attached hydrogens (tertiary/aromatic N) is 3. The molecule has 0 saturated heterocycles. The summed E-state index contributed by atoms with van der Waals surface area (Å²) in [7, 11) is 0. The molecule has 1 fully saturated rings.